The van der Waals surface area contributed by atoms with E-state index in [1.54, 1.807) is 0 Å². The van der Waals surface area contributed by atoms with Gasteiger partial charge < -0.3 is 0 Å². The van der Waals surface area contributed by atoms with Gasteiger partial charge in [-0.05, 0) is 22.3 Å². The third-order valence-electron chi connectivity index (χ3n) is 8.18. The summed E-state index contributed by atoms with van der Waals surface area (Å²) in [6.45, 7) is 8.20. The molecule has 0 aromatic heterocycles. The normalized spacial score (nSPS) is 14.0. The van der Waals surface area contributed by atoms with Gasteiger partial charge in [-0.2, -0.15) is 0 Å². The molecule has 200 valence electrons. The van der Waals surface area contributed by atoms with Crippen LogP contribution in [0.15, 0.2) is 153 Å². The van der Waals surface area contributed by atoms with E-state index in [0.717, 1.165) is 27.8 Å². The molecule has 2 aliphatic rings. The number of hydrogen-bond donors (Lipinski definition) is 1. The maximum absolute atomic E-state index is 12.8. The number of benzene rings is 5. The monoisotopic (exact) mass is 567 g/mol. The summed E-state index contributed by atoms with van der Waals surface area (Å²) in [5, 5.41) is 0. The first-order valence-electron chi connectivity index (χ1n) is 14.1. The number of fused-ring (bicyclic) bond motifs is 3. The van der Waals surface area contributed by atoms with Gasteiger partial charge in [0.2, 0.25) is 0 Å². The molecule has 0 saturated carbocycles. The van der Waals surface area contributed by atoms with E-state index in [-0.39, 0.29) is 5.91 Å². The van der Waals surface area contributed by atoms with Crippen LogP contribution < -0.4 is 3.80 Å². The fourth-order valence-electron chi connectivity index (χ4n) is 5.89. The SMILES string of the molecule is C=C(C(=C)c1ccccc1)c1ccccc1.O=C([NH][Ti]1([CH]2c3ccccc3-c3ccccc32)[CH2][CH2]1)c1ccccc1. The van der Waals surface area contributed by atoms with Crippen molar-refractivity contribution < 1.29 is 21.6 Å². The van der Waals surface area contributed by atoms with Crippen LogP contribution in [-0.2, 0) is 16.8 Å². The van der Waals surface area contributed by atoms with Crippen LogP contribution in [0.1, 0.15) is 36.8 Å². The fourth-order valence-corrected chi connectivity index (χ4v) is 13.1. The molecule has 0 radical (unpaired) electrons. The zero-order valence-corrected chi connectivity index (χ0v) is 24.7. The van der Waals surface area contributed by atoms with E-state index >= 15 is 0 Å². The average Bonchev–Trinajstić information content (AvgIpc) is 3.73. The fraction of sp³-hybridized carbons (Fsp3) is 0.0789. The zero-order chi connectivity index (χ0) is 28.2. The summed E-state index contributed by atoms with van der Waals surface area (Å²) in [6.07, 6.45) is 0. The second-order valence-corrected chi connectivity index (χ2v) is 17.2. The predicted octanol–water partition coefficient (Wildman–Crippen LogP) is 9.52. The Morgan fingerprint density at radius 1 is 0.537 bits per heavy atom. The molecule has 0 spiro atoms. The number of allylic oxidation sites excluding steroid dienone is 2. The molecule has 0 atom stereocenters. The van der Waals surface area contributed by atoms with Gasteiger partial charge in [-0.25, -0.2) is 0 Å². The van der Waals surface area contributed by atoms with Gasteiger partial charge in [-0.1, -0.05) is 73.8 Å². The summed E-state index contributed by atoms with van der Waals surface area (Å²) < 4.78 is 6.41. The van der Waals surface area contributed by atoms with Crippen LogP contribution in [0.25, 0.3) is 22.3 Å². The molecule has 41 heavy (non-hydrogen) atoms. The van der Waals surface area contributed by atoms with Gasteiger partial charge >= 0.3 is 152 Å². The Bertz CT molecular complexity index is 1610. The van der Waals surface area contributed by atoms with E-state index < -0.39 is 16.8 Å². The Balaban J connectivity index is 0.000000164. The van der Waals surface area contributed by atoms with Gasteiger partial charge in [-0.3, -0.25) is 0 Å². The first-order chi connectivity index (χ1) is 20.1. The number of rotatable bonds is 6. The molecule has 1 aliphatic carbocycles. The average molecular weight is 568 g/mol. The number of carbonyl (C=O) groups is 1. The molecule has 1 fully saturated rings. The summed E-state index contributed by atoms with van der Waals surface area (Å²) in [5.74, 6) is 0.111. The Morgan fingerprint density at radius 2 is 0.902 bits per heavy atom. The van der Waals surface area contributed by atoms with Gasteiger partial charge in [0.1, 0.15) is 0 Å². The van der Waals surface area contributed by atoms with Crippen LogP contribution in [-0.4, -0.2) is 5.91 Å². The van der Waals surface area contributed by atoms with E-state index in [1.807, 2.05) is 66.7 Å². The van der Waals surface area contributed by atoms with Crippen LogP contribution >= 0.6 is 0 Å². The van der Waals surface area contributed by atoms with Crippen molar-refractivity contribution in [2.45, 2.75) is 13.7 Å². The van der Waals surface area contributed by atoms with Crippen molar-refractivity contribution >= 4 is 17.1 Å². The van der Waals surface area contributed by atoms with E-state index in [4.69, 9.17) is 0 Å². The quantitative estimate of drug-likeness (QED) is 0.161. The molecule has 1 amide bonds. The van der Waals surface area contributed by atoms with Gasteiger partial charge in [0.25, 0.3) is 0 Å². The van der Waals surface area contributed by atoms with Crippen LogP contribution in [0.2, 0.25) is 9.45 Å². The van der Waals surface area contributed by atoms with Crippen molar-refractivity contribution in [1.82, 2.24) is 3.80 Å². The second kappa shape index (κ2) is 11.7. The van der Waals surface area contributed by atoms with Crippen LogP contribution in [0.3, 0.4) is 0 Å². The number of nitrogens with one attached hydrogen (secondary N) is 1. The molecule has 3 heteroatoms. The van der Waals surface area contributed by atoms with Crippen LogP contribution in [0.5, 0.6) is 0 Å². The Morgan fingerprint density at radius 3 is 1.32 bits per heavy atom. The topological polar surface area (TPSA) is 29.1 Å². The zero-order valence-electron chi connectivity index (χ0n) is 23.1. The standard InChI is InChI=1S/C16H14.C13H9.C7H7NO.C2H4.Ti/c1-13(15-9-5-3-6-10-15)14(2)16-11-7-4-8-12-16;1-3-7-12-10(5-1)9-11-6-2-4-8-13(11)12;8-7(9)6-4-2-1-3-5-6;1-2;/h3-12H,1-2H2;1-9H;1-5H,(H2,8,9);1-2H2;/q;;;;+1/p-1. The van der Waals surface area contributed by atoms with Gasteiger partial charge in [0.05, 0.1) is 0 Å². The van der Waals surface area contributed by atoms with Crippen molar-refractivity contribution in [3.05, 3.63) is 181 Å². The molecule has 1 aliphatic heterocycles. The van der Waals surface area contributed by atoms with Crippen LogP contribution in [0.4, 0.5) is 0 Å². The third kappa shape index (κ3) is 5.54. The van der Waals surface area contributed by atoms with E-state index in [1.165, 1.54) is 31.7 Å². The van der Waals surface area contributed by atoms with Gasteiger partial charge in [-0.15, -0.1) is 0 Å². The van der Waals surface area contributed by atoms with Crippen molar-refractivity contribution in [1.29, 1.82) is 0 Å². The summed E-state index contributed by atoms with van der Waals surface area (Å²) in [7, 11) is 0. The van der Waals surface area contributed by atoms with Crippen molar-refractivity contribution in [3.63, 3.8) is 0 Å². The summed E-state index contributed by atoms with van der Waals surface area (Å²) in [6, 6.07) is 47.4. The Labute approximate surface area is 246 Å². The molecule has 7 rings (SSSR count). The maximum atomic E-state index is 12.8. The van der Waals surface area contributed by atoms with E-state index in [0.29, 0.717) is 4.22 Å². The Hall–Kier alpha value is -4.24. The molecule has 5 aromatic carbocycles. The third-order valence-corrected chi connectivity index (χ3v) is 14.5. The minimum absolute atomic E-state index is 0.111. The van der Waals surface area contributed by atoms with Gasteiger partial charge in [0.15, 0.2) is 0 Å². The second-order valence-electron chi connectivity index (χ2n) is 10.8. The summed E-state index contributed by atoms with van der Waals surface area (Å²) in [5.41, 5.74) is 10.5. The van der Waals surface area contributed by atoms with Gasteiger partial charge in [0, 0.05) is 0 Å². The molecule has 2 nitrogen and oxygen atoms in total. The Kier molecular flexibility index (Phi) is 7.70. The molecule has 0 bridgehead atoms. The number of hydrogen-bond acceptors (Lipinski definition) is 1. The molecule has 1 heterocycles. The number of amides is 1. The molecular formula is C38H33NOTi. The van der Waals surface area contributed by atoms with Crippen molar-refractivity contribution in [2.75, 3.05) is 0 Å². The predicted molar refractivity (Wildman–Crippen MR) is 168 cm³/mol. The molecular weight excluding hydrogens is 534 g/mol. The molecule has 0 unspecified atom stereocenters. The molecule has 5 aromatic rings. The van der Waals surface area contributed by atoms with E-state index in [2.05, 4.69) is 89.8 Å². The first kappa shape index (κ1) is 27.0. The van der Waals surface area contributed by atoms with Crippen molar-refractivity contribution in [2.24, 2.45) is 0 Å². The molecule has 1 saturated heterocycles. The van der Waals surface area contributed by atoms with Crippen LogP contribution in [0, 0.1) is 0 Å². The van der Waals surface area contributed by atoms with Crippen molar-refractivity contribution in [3.8, 4) is 11.1 Å². The van der Waals surface area contributed by atoms with E-state index in [9.17, 15) is 4.79 Å². The first-order valence-corrected chi connectivity index (χ1v) is 18.0. The summed E-state index contributed by atoms with van der Waals surface area (Å²) in [4.78, 5) is 12.8. The number of carbonyl (C=O) groups excluding carboxylic acids is 1. The minimum atomic E-state index is -2.47. The molecule has 1 N–H and O–H groups in total. The summed E-state index contributed by atoms with van der Waals surface area (Å²) >= 11 is -2.47.